The first-order valence-corrected chi connectivity index (χ1v) is 5.74. The fourth-order valence-corrected chi connectivity index (χ4v) is 1.91. The van der Waals surface area contributed by atoms with Crippen LogP contribution < -0.4 is 0 Å². The molecule has 2 heteroatoms. The van der Waals surface area contributed by atoms with Crippen LogP contribution in [0, 0.1) is 5.92 Å². The summed E-state index contributed by atoms with van der Waals surface area (Å²) in [6, 6.07) is 0. The number of carbonyl (C=O) groups is 1. The minimum atomic E-state index is -0.413. The topological polar surface area (TPSA) is 26.3 Å². The van der Waals surface area contributed by atoms with Gasteiger partial charge in [0.25, 0.3) is 0 Å². The van der Waals surface area contributed by atoms with Gasteiger partial charge >= 0.3 is 0 Å². The van der Waals surface area contributed by atoms with E-state index in [0.717, 1.165) is 25.7 Å². The Hall–Kier alpha value is -0.370. The van der Waals surface area contributed by atoms with Gasteiger partial charge in [-0.1, -0.05) is 20.8 Å². The van der Waals surface area contributed by atoms with Gasteiger partial charge in [0.2, 0.25) is 0 Å². The quantitative estimate of drug-likeness (QED) is 0.679. The van der Waals surface area contributed by atoms with Crippen LogP contribution in [-0.2, 0) is 9.53 Å². The third-order valence-corrected chi connectivity index (χ3v) is 3.14. The third-order valence-electron chi connectivity index (χ3n) is 3.14. The molecule has 1 atom stereocenters. The third kappa shape index (κ3) is 2.17. The molecule has 1 unspecified atom stereocenters. The maximum atomic E-state index is 12.0. The molecule has 0 spiro atoms. The minimum absolute atomic E-state index is 0.0966. The van der Waals surface area contributed by atoms with Crippen molar-refractivity contribution in [3.8, 4) is 0 Å². The highest BCUT2D eigenvalue weighted by molar-refractivity contribution is 5.89. The van der Waals surface area contributed by atoms with Gasteiger partial charge in [0.05, 0.1) is 6.10 Å². The number of carbonyl (C=O) groups excluding carboxylic acids is 1. The van der Waals surface area contributed by atoms with Gasteiger partial charge in [-0.2, -0.15) is 0 Å². The molecule has 0 aromatic carbocycles. The van der Waals surface area contributed by atoms with E-state index in [1.165, 1.54) is 0 Å². The van der Waals surface area contributed by atoms with Crippen molar-refractivity contribution in [2.75, 3.05) is 0 Å². The Labute approximate surface area is 87.0 Å². The molecule has 0 aromatic heterocycles. The van der Waals surface area contributed by atoms with Gasteiger partial charge in [0.1, 0.15) is 5.60 Å². The Kier molecular flexibility index (Phi) is 3.71. The molecular formula is C12H22O2. The SMILES string of the molecule is CCC(C)OC1(C(=O)C(C)C)CCC1. The van der Waals surface area contributed by atoms with E-state index in [9.17, 15) is 4.79 Å². The number of ether oxygens (including phenoxy) is 1. The van der Waals surface area contributed by atoms with Crippen molar-refractivity contribution in [3.63, 3.8) is 0 Å². The smallest absolute Gasteiger partial charge is 0.167 e. The maximum Gasteiger partial charge on any atom is 0.167 e. The molecule has 0 bridgehead atoms. The lowest BCUT2D eigenvalue weighted by Crippen LogP contribution is -2.51. The largest absolute Gasteiger partial charge is 0.364 e. The molecular weight excluding hydrogens is 176 g/mol. The second-order valence-electron chi connectivity index (χ2n) is 4.70. The van der Waals surface area contributed by atoms with Crippen molar-refractivity contribution in [2.45, 2.75) is 65.1 Å². The minimum Gasteiger partial charge on any atom is -0.364 e. The van der Waals surface area contributed by atoms with Gasteiger partial charge in [-0.05, 0) is 32.6 Å². The van der Waals surface area contributed by atoms with Crippen LogP contribution in [0.2, 0.25) is 0 Å². The molecule has 0 radical (unpaired) electrons. The number of Topliss-reactive ketones (excluding diaryl/α,β-unsaturated/α-hetero) is 1. The summed E-state index contributed by atoms with van der Waals surface area (Å²) in [4.78, 5) is 12.0. The van der Waals surface area contributed by atoms with Gasteiger partial charge in [-0.25, -0.2) is 0 Å². The van der Waals surface area contributed by atoms with Crippen LogP contribution in [0.1, 0.15) is 53.4 Å². The van der Waals surface area contributed by atoms with Crippen LogP contribution in [0.3, 0.4) is 0 Å². The Bertz CT molecular complexity index is 204. The summed E-state index contributed by atoms with van der Waals surface area (Å²) >= 11 is 0. The van der Waals surface area contributed by atoms with E-state index in [2.05, 4.69) is 6.92 Å². The fraction of sp³-hybridized carbons (Fsp3) is 0.917. The fourth-order valence-electron chi connectivity index (χ4n) is 1.91. The molecule has 0 aliphatic heterocycles. The molecule has 1 fully saturated rings. The van der Waals surface area contributed by atoms with E-state index < -0.39 is 5.60 Å². The molecule has 82 valence electrons. The van der Waals surface area contributed by atoms with Gasteiger partial charge < -0.3 is 4.74 Å². The molecule has 1 rings (SSSR count). The van der Waals surface area contributed by atoms with Gasteiger partial charge in [-0.3, -0.25) is 4.79 Å². The zero-order valence-corrected chi connectivity index (χ0v) is 9.80. The summed E-state index contributed by atoms with van der Waals surface area (Å²) in [5, 5.41) is 0. The average molecular weight is 198 g/mol. The summed E-state index contributed by atoms with van der Waals surface area (Å²) in [6.07, 6.45) is 4.17. The molecule has 0 heterocycles. The Morgan fingerprint density at radius 2 is 1.93 bits per heavy atom. The van der Waals surface area contributed by atoms with Crippen LogP contribution in [0.4, 0.5) is 0 Å². The molecule has 0 aromatic rings. The lowest BCUT2D eigenvalue weighted by atomic mass is 9.73. The van der Waals surface area contributed by atoms with Crippen LogP contribution >= 0.6 is 0 Å². The summed E-state index contributed by atoms with van der Waals surface area (Å²) in [5.74, 6) is 0.392. The van der Waals surface area contributed by atoms with Gasteiger partial charge in [-0.15, -0.1) is 0 Å². The molecule has 0 saturated heterocycles. The first kappa shape index (κ1) is 11.7. The lowest BCUT2D eigenvalue weighted by Gasteiger charge is -2.43. The van der Waals surface area contributed by atoms with E-state index >= 15 is 0 Å². The van der Waals surface area contributed by atoms with Gasteiger partial charge in [0.15, 0.2) is 5.78 Å². The van der Waals surface area contributed by atoms with E-state index in [1.807, 2.05) is 20.8 Å². The monoisotopic (exact) mass is 198 g/mol. The molecule has 1 aliphatic rings. The highest BCUT2D eigenvalue weighted by atomic mass is 16.5. The standard InChI is InChI=1S/C12H22O2/c1-5-10(4)14-12(7-6-8-12)11(13)9(2)3/h9-10H,5-8H2,1-4H3. The summed E-state index contributed by atoms with van der Waals surface area (Å²) < 4.78 is 5.90. The summed E-state index contributed by atoms with van der Waals surface area (Å²) in [6.45, 7) is 8.06. The Balaban J connectivity index is 2.62. The lowest BCUT2D eigenvalue weighted by molar-refractivity contribution is -0.171. The summed E-state index contributed by atoms with van der Waals surface area (Å²) in [7, 11) is 0. The van der Waals surface area contributed by atoms with Crippen molar-refractivity contribution < 1.29 is 9.53 Å². The normalized spacial score (nSPS) is 21.8. The average Bonchev–Trinajstić information content (AvgIpc) is 2.09. The van der Waals surface area contributed by atoms with Crippen molar-refractivity contribution >= 4 is 5.78 Å². The predicted molar refractivity (Wildman–Crippen MR) is 57.3 cm³/mol. The van der Waals surface area contributed by atoms with Crippen molar-refractivity contribution in [1.29, 1.82) is 0 Å². The van der Waals surface area contributed by atoms with Crippen LogP contribution in [0.5, 0.6) is 0 Å². The van der Waals surface area contributed by atoms with Crippen molar-refractivity contribution in [1.82, 2.24) is 0 Å². The Morgan fingerprint density at radius 1 is 1.36 bits per heavy atom. The van der Waals surface area contributed by atoms with Crippen molar-refractivity contribution in [3.05, 3.63) is 0 Å². The van der Waals surface area contributed by atoms with E-state index in [1.54, 1.807) is 0 Å². The molecule has 2 nitrogen and oxygen atoms in total. The number of rotatable bonds is 5. The highest BCUT2D eigenvalue weighted by Gasteiger charge is 2.46. The first-order chi connectivity index (χ1) is 6.52. The molecule has 1 aliphatic carbocycles. The molecule has 1 saturated carbocycles. The maximum absolute atomic E-state index is 12.0. The van der Waals surface area contributed by atoms with E-state index in [4.69, 9.17) is 4.74 Å². The molecule has 0 amide bonds. The van der Waals surface area contributed by atoms with Crippen molar-refractivity contribution in [2.24, 2.45) is 5.92 Å². The second kappa shape index (κ2) is 4.43. The second-order valence-corrected chi connectivity index (χ2v) is 4.70. The van der Waals surface area contributed by atoms with Gasteiger partial charge in [0, 0.05) is 5.92 Å². The van der Waals surface area contributed by atoms with Crippen LogP contribution in [-0.4, -0.2) is 17.5 Å². The van der Waals surface area contributed by atoms with E-state index in [-0.39, 0.29) is 12.0 Å². The van der Waals surface area contributed by atoms with E-state index in [0.29, 0.717) is 5.78 Å². The number of ketones is 1. The molecule has 14 heavy (non-hydrogen) atoms. The zero-order valence-electron chi connectivity index (χ0n) is 9.80. The highest BCUT2D eigenvalue weighted by Crippen LogP contribution is 2.39. The Morgan fingerprint density at radius 3 is 2.21 bits per heavy atom. The number of hydrogen-bond acceptors (Lipinski definition) is 2. The van der Waals surface area contributed by atoms with Crippen LogP contribution in [0.25, 0.3) is 0 Å². The zero-order chi connectivity index (χ0) is 10.8. The molecule has 0 N–H and O–H groups in total. The van der Waals surface area contributed by atoms with Crippen LogP contribution in [0.15, 0.2) is 0 Å². The predicted octanol–water partition coefficient (Wildman–Crippen LogP) is 2.95. The first-order valence-electron chi connectivity index (χ1n) is 5.74. The number of hydrogen-bond donors (Lipinski definition) is 0. The summed E-state index contributed by atoms with van der Waals surface area (Å²) in [5.41, 5.74) is -0.413.